The van der Waals surface area contributed by atoms with E-state index in [-0.39, 0.29) is 6.09 Å². The van der Waals surface area contributed by atoms with Crippen LogP contribution in [0.4, 0.5) is 4.79 Å². The van der Waals surface area contributed by atoms with Crippen LogP contribution in [0.2, 0.25) is 0 Å². The lowest BCUT2D eigenvalue weighted by Crippen LogP contribution is -2.41. The van der Waals surface area contributed by atoms with Crippen molar-refractivity contribution in [2.75, 3.05) is 40.9 Å². The average Bonchev–Trinajstić information content (AvgIpc) is 3.15. The first kappa shape index (κ1) is 26.1. The van der Waals surface area contributed by atoms with E-state index in [2.05, 4.69) is 29.5 Å². The summed E-state index contributed by atoms with van der Waals surface area (Å²) in [6, 6.07) is 4.29. The van der Waals surface area contributed by atoms with Crippen LogP contribution < -0.4 is 5.32 Å². The number of methoxy groups -OCH3 is 1. The number of fused-ring (bicyclic) bond motifs is 1. The minimum absolute atomic E-state index is 0.196. The van der Waals surface area contributed by atoms with Gasteiger partial charge in [0.1, 0.15) is 5.60 Å². The largest absolute Gasteiger partial charge is 0.444 e. The fraction of sp³-hybridized carbons (Fsp3) is 0.680. The molecule has 0 aliphatic carbocycles. The zero-order valence-corrected chi connectivity index (χ0v) is 20.9. The topological polar surface area (TPSA) is 76.8 Å². The number of nitrogens with zero attached hydrogens (tertiary/aromatic N) is 2. The van der Waals surface area contributed by atoms with E-state index in [4.69, 9.17) is 14.0 Å². The molecule has 1 fully saturated rings. The van der Waals surface area contributed by atoms with Crippen LogP contribution in [0.25, 0.3) is 11.0 Å². The SMILES string of the molecule is CNC.COCCc1ccc2c(CCC3CCN(C(=O)OC(C)(C)C)CC3)noc2c1C. The molecule has 2 aromatic rings. The number of likely N-dealkylation sites (tertiary alicyclic amines) is 1. The molecule has 0 atom stereocenters. The first-order chi connectivity index (χ1) is 15.2. The van der Waals surface area contributed by atoms with Crippen LogP contribution in [-0.2, 0) is 22.3 Å². The molecule has 1 N–H and O–H groups in total. The zero-order chi connectivity index (χ0) is 23.7. The third-order valence-corrected chi connectivity index (χ3v) is 5.71. The number of rotatable bonds is 6. The van der Waals surface area contributed by atoms with Gasteiger partial charge in [-0.3, -0.25) is 0 Å². The highest BCUT2D eigenvalue weighted by atomic mass is 16.6. The minimum Gasteiger partial charge on any atom is -0.444 e. The zero-order valence-electron chi connectivity index (χ0n) is 20.9. The van der Waals surface area contributed by atoms with Gasteiger partial charge in [0.25, 0.3) is 0 Å². The molecule has 1 aliphatic rings. The van der Waals surface area contributed by atoms with Gasteiger partial charge < -0.3 is 24.2 Å². The van der Waals surface area contributed by atoms with E-state index in [0.717, 1.165) is 67.4 Å². The van der Waals surface area contributed by atoms with Crippen LogP contribution in [0.3, 0.4) is 0 Å². The summed E-state index contributed by atoms with van der Waals surface area (Å²) in [5, 5.41) is 8.22. The Labute approximate surface area is 192 Å². The molecule has 32 heavy (non-hydrogen) atoms. The van der Waals surface area contributed by atoms with Gasteiger partial charge in [-0.25, -0.2) is 4.79 Å². The van der Waals surface area contributed by atoms with Gasteiger partial charge in [0, 0.05) is 25.6 Å². The summed E-state index contributed by atoms with van der Waals surface area (Å²) < 4.78 is 16.3. The average molecular weight is 448 g/mol. The molecule has 0 radical (unpaired) electrons. The van der Waals surface area contributed by atoms with E-state index in [0.29, 0.717) is 12.5 Å². The summed E-state index contributed by atoms with van der Waals surface area (Å²) in [6.45, 7) is 10.0. The number of aryl methyl sites for hydroxylation is 2. The second-order valence-corrected chi connectivity index (χ2v) is 9.55. The van der Waals surface area contributed by atoms with Crippen LogP contribution in [0, 0.1) is 12.8 Å². The number of hydrogen-bond donors (Lipinski definition) is 1. The number of piperidine rings is 1. The van der Waals surface area contributed by atoms with Gasteiger partial charge in [0.15, 0.2) is 5.58 Å². The van der Waals surface area contributed by atoms with Crippen molar-refractivity contribution in [1.82, 2.24) is 15.4 Å². The van der Waals surface area contributed by atoms with Crippen molar-refractivity contribution in [3.05, 3.63) is 29.0 Å². The fourth-order valence-electron chi connectivity index (χ4n) is 3.96. The maximum absolute atomic E-state index is 12.2. The van der Waals surface area contributed by atoms with E-state index in [9.17, 15) is 4.79 Å². The van der Waals surface area contributed by atoms with Crippen molar-refractivity contribution in [1.29, 1.82) is 0 Å². The van der Waals surface area contributed by atoms with Crippen molar-refractivity contribution < 1.29 is 18.8 Å². The maximum atomic E-state index is 12.2. The van der Waals surface area contributed by atoms with Crippen molar-refractivity contribution >= 4 is 17.1 Å². The normalized spacial score (nSPS) is 14.9. The number of hydrogen-bond acceptors (Lipinski definition) is 6. The Morgan fingerprint density at radius 3 is 2.47 bits per heavy atom. The van der Waals surface area contributed by atoms with Crippen LogP contribution in [0.15, 0.2) is 16.7 Å². The third-order valence-electron chi connectivity index (χ3n) is 5.71. The molecule has 1 saturated heterocycles. The Bertz CT molecular complexity index is 849. The Kier molecular flexibility index (Phi) is 9.97. The van der Waals surface area contributed by atoms with Crippen LogP contribution in [0.1, 0.15) is 56.9 Å². The standard InChI is InChI=1S/C23H34N2O4.C2H7N/c1-16-18(12-15-27-5)7-8-19-20(24-29-21(16)19)9-6-17-10-13-25(14-11-17)22(26)28-23(2,3)4;1-3-2/h7-8,17H,6,9-15H2,1-5H3;3H,1-2H3. The number of ether oxygens (including phenoxy) is 2. The number of carbonyl (C=O) groups excluding carboxylic acids is 1. The van der Waals surface area contributed by atoms with Gasteiger partial charge in [-0.05, 0) is 97.0 Å². The molecule has 3 rings (SSSR count). The summed E-state index contributed by atoms with van der Waals surface area (Å²) in [5.41, 5.74) is 3.90. The Morgan fingerprint density at radius 2 is 1.88 bits per heavy atom. The highest BCUT2D eigenvalue weighted by Gasteiger charge is 2.27. The van der Waals surface area contributed by atoms with Crippen LogP contribution >= 0.6 is 0 Å². The number of aromatic nitrogens is 1. The first-order valence-corrected chi connectivity index (χ1v) is 11.6. The lowest BCUT2D eigenvalue weighted by molar-refractivity contribution is 0.0181. The molecular formula is C25H41N3O4. The molecule has 0 unspecified atom stereocenters. The van der Waals surface area contributed by atoms with Gasteiger partial charge in [-0.15, -0.1) is 0 Å². The molecule has 7 nitrogen and oxygen atoms in total. The molecule has 1 aromatic heterocycles. The van der Waals surface area contributed by atoms with Gasteiger partial charge in [0.05, 0.1) is 12.3 Å². The summed E-state index contributed by atoms with van der Waals surface area (Å²) >= 11 is 0. The number of nitrogens with one attached hydrogen (secondary N) is 1. The molecule has 180 valence electrons. The number of amides is 1. The van der Waals surface area contributed by atoms with Gasteiger partial charge >= 0.3 is 6.09 Å². The van der Waals surface area contributed by atoms with Crippen LogP contribution in [-0.4, -0.2) is 62.7 Å². The number of carbonyl (C=O) groups is 1. The Balaban J connectivity index is 0.00000114. The predicted molar refractivity (Wildman–Crippen MR) is 128 cm³/mol. The Morgan fingerprint density at radius 1 is 1.22 bits per heavy atom. The maximum Gasteiger partial charge on any atom is 0.410 e. The first-order valence-electron chi connectivity index (χ1n) is 11.6. The van der Waals surface area contributed by atoms with Crippen LogP contribution in [0.5, 0.6) is 0 Å². The van der Waals surface area contributed by atoms with Crippen molar-refractivity contribution in [3.8, 4) is 0 Å². The highest BCUT2D eigenvalue weighted by molar-refractivity contribution is 5.83. The molecule has 2 heterocycles. The van der Waals surface area contributed by atoms with Crippen molar-refractivity contribution in [2.45, 2.75) is 65.4 Å². The minimum atomic E-state index is -0.441. The van der Waals surface area contributed by atoms with Crippen molar-refractivity contribution in [2.24, 2.45) is 5.92 Å². The molecule has 1 amide bonds. The predicted octanol–water partition coefficient (Wildman–Crippen LogP) is 4.74. The van der Waals surface area contributed by atoms with E-state index in [1.165, 1.54) is 5.56 Å². The smallest absolute Gasteiger partial charge is 0.410 e. The summed E-state index contributed by atoms with van der Waals surface area (Å²) in [6.07, 6.45) is 4.67. The van der Waals surface area contributed by atoms with Gasteiger partial charge in [-0.2, -0.15) is 0 Å². The highest BCUT2D eigenvalue weighted by Crippen LogP contribution is 2.28. The third kappa shape index (κ3) is 7.48. The van der Waals surface area contributed by atoms with Gasteiger partial charge in [-0.1, -0.05) is 11.2 Å². The summed E-state index contributed by atoms with van der Waals surface area (Å²) in [5.74, 6) is 0.600. The summed E-state index contributed by atoms with van der Waals surface area (Å²) in [7, 11) is 5.47. The van der Waals surface area contributed by atoms with E-state index in [1.807, 2.05) is 39.8 Å². The second kappa shape index (κ2) is 12.2. The molecule has 1 aromatic carbocycles. The van der Waals surface area contributed by atoms with E-state index >= 15 is 0 Å². The Hall–Kier alpha value is -2.12. The quantitative estimate of drug-likeness (QED) is 0.689. The molecule has 0 saturated carbocycles. The molecular weight excluding hydrogens is 406 g/mol. The molecule has 1 aliphatic heterocycles. The lowest BCUT2D eigenvalue weighted by atomic mass is 9.91. The van der Waals surface area contributed by atoms with E-state index in [1.54, 1.807) is 7.11 Å². The second-order valence-electron chi connectivity index (χ2n) is 9.55. The van der Waals surface area contributed by atoms with Gasteiger partial charge in [0.2, 0.25) is 0 Å². The molecule has 0 spiro atoms. The van der Waals surface area contributed by atoms with Crippen molar-refractivity contribution in [3.63, 3.8) is 0 Å². The molecule has 0 bridgehead atoms. The number of benzene rings is 1. The summed E-state index contributed by atoms with van der Waals surface area (Å²) in [4.78, 5) is 14.0. The monoisotopic (exact) mass is 447 g/mol. The molecule has 7 heteroatoms. The van der Waals surface area contributed by atoms with E-state index < -0.39 is 5.60 Å². The lowest BCUT2D eigenvalue weighted by Gasteiger charge is -2.33. The fourth-order valence-corrected chi connectivity index (χ4v) is 3.96.